The number of carbonyl (C=O) groups is 5. The zero-order valence-corrected chi connectivity index (χ0v) is 39.8. The fourth-order valence-corrected chi connectivity index (χ4v) is 8.55. The number of ether oxygens (including phenoxy) is 4. The van der Waals surface area contributed by atoms with Gasteiger partial charge in [0, 0.05) is 47.3 Å². The lowest BCUT2D eigenvalue weighted by Crippen LogP contribution is -2.59. The molecule has 1 aliphatic heterocycles. The van der Waals surface area contributed by atoms with Gasteiger partial charge < -0.3 is 50.4 Å². The van der Waals surface area contributed by atoms with Gasteiger partial charge in [0.15, 0.2) is 0 Å². The normalized spacial score (nSPS) is 18.1. The lowest BCUT2D eigenvalue weighted by molar-refractivity contribution is -0.148. The molecule has 5 N–H and O–H groups in total. The van der Waals surface area contributed by atoms with Crippen LogP contribution in [0.25, 0.3) is 0 Å². The van der Waals surface area contributed by atoms with E-state index in [1.807, 2.05) is 90.9 Å². The van der Waals surface area contributed by atoms with E-state index in [9.17, 15) is 24.0 Å². The van der Waals surface area contributed by atoms with Gasteiger partial charge in [0.2, 0.25) is 29.5 Å². The summed E-state index contributed by atoms with van der Waals surface area (Å²) < 4.78 is 22.9. The standard InChI is InChI=1S/C46H81N7O9/c1-13-32(6)41(52(10)46(58)39(30(2)3)50-45(57)40(31(4)5)51(8)9)37(59-11)29-38(54)53-23-17-20-36(53)42(60-12)33(7)43(55)49-35(28-34-18-15-14-16-19-34)44(56)48-22-25-62-27-26-61-24-21-47/h14-16,18-19,30-33,35-37,39-42H,13,17,20-29,47H2,1-12H3,(H,48,56)(H,49,55)(H,50,57)/t32-,33+,35+,36-,37+,39+,40-,41-,42+/m0/s1. The summed E-state index contributed by atoms with van der Waals surface area (Å²) in [6.07, 6.45) is 1.01. The number of nitrogens with one attached hydrogen (secondary N) is 3. The predicted octanol–water partition coefficient (Wildman–Crippen LogP) is 2.47. The summed E-state index contributed by atoms with van der Waals surface area (Å²) in [7, 11) is 8.52. The van der Waals surface area contributed by atoms with Crippen molar-refractivity contribution in [2.24, 2.45) is 29.4 Å². The predicted molar refractivity (Wildman–Crippen MR) is 241 cm³/mol. The summed E-state index contributed by atoms with van der Waals surface area (Å²) in [6.45, 7) is 16.3. The van der Waals surface area contributed by atoms with Gasteiger partial charge >= 0.3 is 0 Å². The van der Waals surface area contributed by atoms with Gasteiger partial charge in [-0.2, -0.15) is 0 Å². The highest BCUT2D eigenvalue weighted by Gasteiger charge is 2.43. The summed E-state index contributed by atoms with van der Waals surface area (Å²) in [5.41, 5.74) is 6.33. The molecule has 0 aromatic heterocycles. The minimum atomic E-state index is -0.869. The average molecular weight is 876 g/mol. The monoisotopic (exact) mass is 876 g/mol. The van der Waals surface area contributed by atoms with Crippen LogP contribution in [0, 0.1) is 23.7 Å². The molecule has 5 amide bonds. The van der Waals surface area contributed by atoms with Crippen LogP contribution >= 0.6 is 0 Å². The van der Waals surface area contributed by atoms with Crippen molar-refractivity contribution < 1.29 is 42.9 Å². The van der Waals surface area contributed by atoms with Crippen LogP contribution in [0.5, 0.6) is 0 Å². The van der Waals surface area contributed by atoms with E-state index < -0.39 is 48.3 Å². The summed E-state index contributed by atoms with van der Waals surface area (Å²) in [5, 5.41) is 8.89. The fraction of sp³-hybridized carbons (Fsp3) is 0.761. The number of likely N-dealkylation sites (tertiary alicyclic amines) is 1. The molecule has 0 spiro atoms. The van der Waals surface area contributed by atoms with Crippen molar-refractivity contribution in [2.45, 2.75) is 123 Å². The van der Waals surface area contributed by atoms with Crippen LogP contribution in [0.1, 0.15) is 79.7 Å². The Kier molecular flexibility index (Phi) is 24.8. The van der Waals surface area contributed by atoms with Gasteiger partial charge in [-0.1, -0.05) is 85.2 Å². The van der Waals surface area contributed by atoms with Crippen LogP contribution in [0.15, 0.2) is 30.3 Å². The Morgan fingerprint density at radius 3 is 2.03 bits per heavy atom. The number of hydrogen-bond acceptors (Lipinski definition) is 11. The molecular weight excluding hydrogens is 795 g/mol. The number of methoxy groups -OCH3 is 2. The highest BCUT2D eigenvalue weighted by molar-refractivity contribution is 5.90. The largest absolute Gasteiger partial charge is 0.379 e. The average Bonchev–Trinajstić information content (AvgIpc) is 3.72. The third kappa shape index (κ3) is 16.5. The second-order valence-corrected chi connectivity index (χ2v) is 17.5. The Labute approximate surface area is 372 Å². The van der Waals surface area contributed by atoms with Crippen molar-refractivity contribution in [1.29, 1.82) is 0 Å². The smallest absolute Gasteiger partial charge is 0.245 e. The molecule has 62 heavy (non-hydrogen) atoms. The third-order valence-electron chi connectivity index (χ3n) is 12.0. The van der Waals surface area contributed by atoms with E-state index in [0.29, 0.717) is 39.3 Å². The molecule has 0 bridgehead atoms. The lowest BCUT2D eigenvalue weighted by atomic mass is 9.89. The van der Waals surface area contributed by atoms with Crippen molar-refractivity contribution in [3.8, 4) is 0 Å². The Bertz CT molecular complexity index is 1490. The molecule has 1 fully saturated rings. The Hall–Kier alpha value is -3.67. The van der Waals surface area contributed by atoms with Crippen LogP contribution in [0.2, 0.25) is 0 Å². The first kappa shape index (κ1) is 54.5. The zero-order chi connectivity index (χ0) is 46.5. The highest BCUT2D eigenvalue weighted by Crippen LogP contribution is 2.30. The highest BCUT2D eigenvalue weighted by atomic mass is 16.5. The van der Waals surface area contributed by atoms with E-state index in [-0.39, 0.29) is 73.3 Å². The number of likely N-dealkylation sites (N-methyl/N-ethyl adjacent to an activating group) is 2. The van der Waals surface area contributed by atoms with Gasteiger partial charge in [0.1, 0.15) is 12.1 Å². The maximum absolute atomic E-state index is 14.4. The number of nitrogens with zero attached hydrogens (tertiary/aromatic N) is 3. The first-order chi connectivity index (χ1) is 29.4. The Morgan fingerprint density at radius 2 is 1.48 bits per heavy atom. The number of hydrogen-bond donors (Lipinski definition) is 4. The minimum absolute atomic E-state index is 0.00481. The molecule has 2 rings (SSSR count). The van der Waals surface area contributed by atoms with Gasteiger partial charge in [0.05, 0.1) is 69.1 Å². The number of carbonyl (C=O) groups excluding carboxylic acids is 5. The van der Waals surface area contributed by atoms with Crippen LogP contribution in [-0.4, -0.2) is 168 Å². The first-order valence-corrected chi connectivity index (χ1v) is 22.5. The van der Waals surface area contributed by atoms with Gasteiger partial charge in [-0.25, -0.2) is 0 Å². The van der Waals surface area contributed by atoms with Crippen molar-refractivity contribution in [3.63, 3.8) is 0 Å². The molecule has 1 aromatic carbocycles. The molecular formula is C46H81N7O9. The van der Waals surface area contributed by atoms with Crippen LogP contribution < -0.4 is 21.7 Å². The van der Waals surface area contributed by atoms with Crippen molar-refractivity contribution >= 4 is 29.5 Å². The number of amides is 5. The molecule has 0 saturated carbocycles. The van der Waals surface area contributed by atoms with Gasteiger partial charge in [-0.05, 0) is 50.3 Å². The Morgan fingerprint density at radius 1 is 0.839 bits per heavy atom. The van der Waals surface area contributed by atoms with Gasteiger partial charge in [0.25, 0.3) is 0 Å². The van der Waals surface area contributed by atoms with Crippen molar-refractivity contribution in [3.05, 3.63) is 35.9 Å². The summed E-state index contributed by atoms with van der Waals surface area (Å²) in [4.78, 5) is 75.0. The quantitative estimate of drug-likeness (QED) is 0.0865. The SMILES string of the molecule is CC[C@H](C)[C@@H]([C@@H](CC(=O)N1CCC[C@H]1[C@H](OC)[C@@H](C)C(=O)N[C@H](Cc1ccccc1)C(=O)NCCOCCOCCN)OC)N(C)C(=O)[C@H](NC(=O)[C@H](C(C)C)N(C)C)C(C)C. The van der Waals surface area contributed by atoms with Crippen LogP contribution in [-0.2, 0) is 49.3 Å². The first-order valence-electron chi connectivity index (χ1n) is 22.5. The molecule has 0 radical (unpaired) electrons. The maximum Gasteiger partial charge on any atom is 0.245 e. The molecule has 0 unspecified atom stereocenters. The molecule has 16 nitrogen and oxygen atoms in total. The molecule has 1 aliphatic rings. The van der Waals surface area contributed by atoms with E-state index in [2.05, 4.69) is 16.0 Å². The second kappa shape index (κ2) is 28.2. The summed E-state index contributed by atoms with van der Waals surface area (Å²) in [6, 6.07) is 6.52. The topological polar surface area (TPSA) is 194 Å². The molecule has 354 valence electrons. The molecule has 1 saturated heterocycles. The number of nitrogens with two attached hydrogens (primary N) is 1. The number of benzene rings is 1. The van der Waals surface area contributed by atoms with E-state index in [1.165, 1.54) is 7.11 Å². The maximum atomic E-state index is 14.4. The van der Waals surface area contributed by atoms with Crippen molar-refractivity contribution in [2.75, 3.05) is 81.4 Å². The Balaban J connectivity index is 2.24. The summed E-state index contributed by atoms with van der Waals surface area (Å²) >= 11 is 0. The van der Waals surface area contributed by atoms with E-state index in [1.54, 1.807) is 30.9 Å². The van der Waals surface area contributed by atoms with E-state index in [4.69, 9.17) is 24.7 Å². The molecule has 1 heterocycles. The molecule has 16 heteroatoms. The third-order valence-corrected chi connectivity index (χ3v) is 12.0. The summed E-state index contributed by atoms with van der Waals surface area (Å²) in [5.74, 6) is -2.27. The molecule has 1 aromatic rings. The van der Waals surface area contributed by atoms with Crippen LogP contribution in [0.3, 0.4) is 0 Å². The lowest BCUT2D eigenvalue weighted by Gasteiger charge is -2.41. The zero-order valence-electron chi connectivity index (χ0n) is 39.8. The fourth-order valence-electron chi connectivity index (χ4n) is 8.55. The van der Waals surface area contributed by atoms with E-state index in [0.717, 1.165) is 18.4 Å². The molecule has 9 atom stereocenters. The minimum Gasteiger partial charge on any atom is -0.379 e. The molecule has 0 aliphatic carbocycles. The van der Waals surface area contributed by atoms with Crippen LogP contribution in [0.4, 0.5) is 0 Å². The van der Waals surface area contributed by atoms with Crippen molar-refractivity contribution in [1.82, 2.24) is 30.7 Å². The van der Waals surface area contributed by atoms with Gasteiger partial charge in [-0.3, -0.25) is 28.9 Å². The second-order valence-electron chi connectivity index (χ2n) is 17.5. The number of rotatable bonds is 29. The van der Waals surface area contributed by atoms with Gasteiger partial charge in [-0.15, -0.1) is 0 Å². The van der Waals surface area contributed by atoms with E-state index >= 15 is 0 Å².